The van der Waals surface area contributed by atoms with Crippen molar-refractivity contribution < 1.29 is 4.74 Å². The summed E-state index contributed by atoms with van der Waals surface area (Å²) in [5.74, 6) is 0.890. The molecule has 4 heteroatoms. The Hall–Kier alpha value is -0.320. The molecule has 1 nitrogen and oxygen atoms in total. The number of halogens is 3. The van der Waals surface area contributed by atoms with Crippen LogP contribution in [0.4, 0.5) is 0 Å². The van der Waals surface area contributed by atoms with Crippen molar-refractivity contribution in [3.05, 3.63) is 61.5 Å². The van der Waals surface area contributed by atoms with Gasteiger partial charge in [-0.25, -0.2) is 0 Å². The molecule has 0 spiro atoms. The summed E-state index contributed by atoms with van der Waals surface area (Å²) in [6.45, 7) is 4.16. The fourth-order valence-electron chi connectivity index (χ4n) is 2.08. The van der Waals surface area contributed by atoms with Crippen molar-refractivity contribution in [1.82, 2.24) is 0 Å². The zero-order valence-electron chi connectivity index (χ0n) is 11.5. The van der Waals surface area contributed by atoms with Crippen LogP contribution in [-0.2, 0) is 0 Å². The van der Waals surface area contributed by atoms with E-state index in [1.165, 1.54) is 16.7 Å². The highest BCUT2D eigenvalue weighted by Crippen LogP contribution is 2.41. The van der Waals surface area contributed by atoms with Gasteiger partial charge in [-0.1, -0.05) is 65.5 Å². The minimum absolute atomic E-state index is 0.0728. The normalized spacial score (nSPS) is 12.3. The summed E-state index contributed by atoms with van der Waals surface area (Å²) in [6, 6.07) is 10.5. The Morgan fingerprint density at radius 1 is 0.950 bits per heavy atom. The second kappa shape index (κ2) is 6.63. The molecule has 0 aliphatic rings. The van der Waals surface area contributed by atoms with Gasteiger partial charge < -0.3 is 4.74 Å². The summed E-state index contributed by atoms with van der Waals surface area (Å²) in [4.78, 5) is 0.0728. The second-order valence-electron chi connectivity index (χ2n) is 4.73. The van der Waals surface area contributed by atoms with E-state index in [-0.39, 0.29) is 4.83 Å². The van der Waals surface area contributed by atoms with Crippen molar-refractivity contribution in [2.75, 3.05) is 7.11 Å². The van der Waals surface area contributed by atoms with E-state index >= 15 is 0 Å². The molecule has 0 N–H and O–H groups in total. The number of hydrogen-bond donors (Lipinski definition) is 0. The molecule has 0 aromatic heterocycles. The van der Waals surface area contributed by atoms with E-state index in [4.69, 9.17) is 4.74 Å². The van der Waals surface area contributed by atoms with Gasteiger partial charge in [0, 0.05) is 14.5 Å². The van der Waals surface area contributed by atoms with Crippen LogP contribution in [0.1, 0.15) is 27.1 Å². The molecule has 0 amide bonds. The number of rotatable bonds is 3. The van der Waals surface area contributed by atoms with Crippen LogP contribution in [0.3, 0.4) is 0 Å². The Balaban J connectivity index is 2.54. The highest BCUT2D eigenvalue weighted by molar-refractivity contribution is 9.11. The van der Waals surface area contributed by atoms with E-state index in [9.17, 15) is 0 Å². The standard InChI is InChI=1S/C16H15Br3O/c1-9-4-5-15(20-3)12(6-9)16(19)11-8-13(17)10(2)7-14(11)18/h4-8,16H,1-3H3. The first-order valence-corrected chi connectivity index (χ1v) is 8.68. The molecule has 0 saturated carbocycles. The van der Waals surface area contributed by atoms with Gasteiger partial charge in [0.15, 0.2) is 0 Å². The second-order valence-corrected chi connectivity index (χ2v) is 7.36. The lowest BCUT2D eigenvalue weighted by molar-refractivity contribution is 0.410. The average Bonchev–Trinajstić information content (AvgIpc) is 2.42. The van der Waals surface area contributed by atoms with E-state index in [1.807, 2.05) is 6.07 Å². The molecule has 0 aliphatic heterocycles. The molecule has 20 heavy (non-hydrogen) atoms. The maximum absolute atomic E-state index is 5.48. The van der Waals surface area contributed by atoms with E-state index in [1.54, 1.807) is 7.11 Å². The molecule has 0 aliphatic carbocycles. The Kier molecular flexibility index (Phi) is 5.32. The van der Waals surface area contributed by atoms with Crippen molar-refractivity contribution in [1.29, 1.82) is 0 Å². The van der Waals surface area contributed by atoms with Gasteiger partial charge in [0.1, 0.15) is 5.75 Å². The first kappa shape index (κ1) is 16.1. The topological polar surface area (TPSA) is 9.23 Å². The number of ether oxygens (including phenoxy) is 1. The zero-order chi connectivity index (χ0) is 14.9. The van der Waals surface area contributed by atoms with Gasteiger partial charge in [0.25, 0.3) is 0 Å². The quantitative estimate of drug-likeness (QED) is 0.485. The fraction of sp³-hybridized carbons (Fsp3) is 0.250. The number of benzene rings is 2. The van der Waals surface area contributed by atoms with Crippen LogP contribution < -0.4 is 4.74 Å². The first-order valence-electron chi connectivity index (χ1n) is 6.18. The zero-order valence-corrected chi connectivity index (χ0v) is 16.3. The van der Waals surface area contributed by atoms with Crippen molar-refractivity contribution in [3.63, 3.8) is 0 Å². The molecule has 0 radical (unpaired) electrons. The predicted molar refractivity (Wildman–Crippen MR) is 95.1 cm³/mol. The molecule has 0 fully saturated rings. The molecule has 2 aromatic carbocycles. The van der Waals surface area contributed by atoms with Crippen LogP contribution in [0.25, 0.3) is 0 Å². The smallest absolute Gasteiger partial charge is 0.123 e. The summed E-state index contributed by atoms with van der Waals surface area (Å²) in [6.07, 6.45) is 0. The van der Waals surface area contributed by atoms with E-state index in [0.717, 1.165) is 20.3 Å². The summed E-state index contributed by atoms with van der Waals surface area (Å²) >= 11 is 11.0. The number of methoxy groups -OCH3 is 1. The van der Waals surface area contributed by atoms with Crippen molar-refractivity contribution in [2.45, 2.75) is 18.7 Å². The number of hydrogen-bond acceptors (Lipinski definition) is 1. The fourth-order valence-corrected chi connectivity index (χ4v) is 4.17. The van der Waals surface area contributed by atoms with Crippen LogP contribution in [0.5, 0.6) is 5.75 Å². The summed E-state index contributed by atoms with van der Waals surface area (Å²) in [7, 11) is 1.70. The van der Waals surface area contributed by atoms with Gasteiger partial charge in [-0.2, -0.15) is 0 Å². The molecule has 2 aromatic rings. The van der Waals surface area contributed by atoms with Crippen LogP contribution in [-0.4, -0.2) is 7.11 Å². The van der Waals surface area contributed by atoms with Gasteiger partial charge in [-0.05, 0) is 43.2 Å². The molecule has 0 bridgehead atoms. The monoisotopic (exact) mass is 460 g/mol. The van der Waals surface area contributed by atoms with Gasteiger partial charge in [-0.3, -0.25) is 0 Å². The predicted octanol–water partition coefficient (Wildman–Crippen LogP) is 6.32. The van der Waals surface area contributed by atoms with Gasteiger partial charge >= 0.3 is 0 Å². The molecule has 1 atom stereocenters. The Bertz CT molecular complexity index is 638. The maximum Gasteiger partial charge on any atom is 0.123 e. The summed E-state index contributed by atoms with van der Waals surface area (Å²) in [5.41, 5.74) is 4.72. The lowest BCUT2D eigenvalue weighted by Gasteiger charge is -2.18. The third-order valence-electron chi connectivity index (χ3n) is 3.21. The van der Waals surface area contributed by atoms with Gasteiger partial charge in [-0.15, -0.1) is 0 Å². The number of alkyl halides is 1. The molecular formula is C16H15Br3O. The third kappa shape index (κ3) is 3.29. The van der Waals surface area contributed by atoms with Gasteiger partial charge in [0.2, 0.25) is 0 Å². The molecule has 0 heterocycles. The Morgan fingerprint density at radius 2 is 1.65 bits per heavy atom. The van der Waals surface area contributed by atoms with E-state index in [2.05, 4.69) is 85.9 Å². The van der Waals surface area contributed by atoms with Crippen molar-refractivity contribution in [3.8, 4) is 5.75 Å². The first-order chi connectivity index (χ1) is 9.43. The average molecular weight is 463 g/mol. The van der Waals surface area contributed by atoms with E-state index in [0.29, 0.717) is 0 Å². The van der Waals surface area contributed by atoms with Crippen LogP contribution in [0.15, 0.2) is 39.3 Å². The molecule has 0 saturated heterocycles. The minimum Gasteiger partial charge on any atom is -0.496 e. The van der Waals surface area contributed by atoms with Gasteiger partial charge in [0.05, 0.1) is 11.9 Å². The Morgan fingerprint density at radius 3 is 2.30 bits per heavy atom. The summed E-state index contributed by atoms with van der Waals surface area (Å²) < 4.78 is 7.67. The van der Waals surface area contributed by atoms with Crippen molar-refractivity contribution in [2.24, 2.45) is 0 Å². The summed E-state index contributed by atoms with van der Waals surface area (Å²) in [5, 5.41) is 0. The minimum atomic E-state index is 0.0728. The SMILES string of the molecule is COc1ccc(C)cc1C(Br)c1cc(Br)c(C)cc1Br. The van der Waals surface area contributed by atoms with E-state index < -0.39 is 0 Å². The molecule has 1 unspecified atom stereocenters. The number of aryl methyl sites for hydroxylation is 2. The molecular weight excluding hydrogens is 448 g/mol. The molecule has 2 rings (SSSR count). The Labute approximate surface area is 145 Å². The third-order valence-corrected chi connectivity index (χ3v) is 5.74. The van der Waals surface area contributed by atoms with Crippen molar-refractivity contribution >= 4 is 47.8 Å². The highest BCUT2D eigenvalue weighted by atomic mass is 79.9. The largest absolute Gasteiger partial charge is 0.496 e. The van der Waals surface area contributed by atoms with Crippen LogP contribution in [0, 0.1) is 13.8 Å². The maximum atomic E-state index is 5.48. The highest BCUT2D eigenvalue weighted by Gasteiger charge is 2.19. The van der Waals surface area contributed by atoms with Crippen LogP contribution >= 0.6 is 47.8 Å². The lowest BCUT2D eigenvalue weighted by atomic mass is 10.0. The lowest BCUT2D eigenvalue weighted by Crippen LogP contribution is -1.99. The van der Waals surface area contributed by atoms with Crippen LogP contribution in [0.2, 0.25) is 0 Å². The molecule has 106 valence electrons.